The Morgan fingerprint density at radius 3 is 2.95 bits per heavy atom. The molecule has 6 heteroatoms. The normalized spacial score (nSPS) is 28.7. The molecule has 2 aliphatic heterocycles. The average Bonchev–Trinajstić information content (AvgIpc) is 2.86. The average molecular weight is 292 g/mol. The first-order valence-electron chi connectivity index (χ1n) is 7.16. The lowest BCUT2D eigenvalue weighted by molar-refractivity contribution is -0.112. The number of anilines is 1. The van der Waals surface area contributed by atoms with Crippen LogP contribution in [-0.2, 0) is 9.47 Å². The van der Waals surface area contributed by atoms with Crippen LogP contribution >= 0.6 is 0 Å². The molecule has 1 aromatic rings. The quantitative estimate of drug-likeness (QED) is 0.813. The Bertz CT molecular complexity index is 540. The second kappa shape index (κ2) is 5.54. The monoisotopic (exact) mass is 292 g/mol. The van der Waals surface area contributed by atoms with E-state index in [4.69, 9.17) is 25.7 Å². The topological polar surface area (TPSA) is 96.8 Å². The standard InChI is InChI=1S/C15H20N2O4/c16-10-1-2-12(14(17)18)13(7-10)21-11-3-5-20-15(8-11)4-6-19-9-15/h1-2,7,11H,3-6,8-9,16H2,(H2,17,18). The fourth-order valence-corrected chi connectivity index (χ4v) is 2.97. The molecule has 114 valence electrons. The van der Waals surface area contributed by atoms with E-state index in [1.807, 2.05) is 0 Å². The third-order valence-electron chi connectivity index (χ3n) is 4.08. The van der Waals surface area contributed by atoms with Crippen LogP contribution in [0.3, 0.4) is 0 Å². The van der Waals surface area contributed by atoms with E-state index >= 15 is 0 Å². The molecule has 21 heavy (non-hydrogen) atoms. The molecule has 2 heterocycles. The first kappa shape index (κ1) is 14.2. The maximum atomic E-state index is 11.5. The van der Waals surface area contributed by atoms with Gasteiger partial charge in [-0.25, -0.2) is 0 Å². The van der Waals surface area contributed by atoms with Crippen molar-refractivity contribution in [2.45, 2.75) is 31.0 Å². The molecule has 0 saturated carbocycles. The molecule has 0 radical (unpaired) electrons. The van der Waals surface area contributed by atoms with Gasteiger partial charge in [-0.2, -0.15) is 0 Å². The van der Waals surface area contributed by atoms with Gasteiger partial charge in [-0.15, -0.1) is 0 Å². The number of amides is 1. The van der Waals surface area contributed by atoms with Gasteiger partial charge in [-0.05, 0) is 12.1 Å². The molecular formula is C15H20N2O4. The molecule has 2 saturated heterocycles. The predicted octanol–water partition coefficient (Wildman–Crippen LogP) is 1.08. The van der Waals surface area contributed by atoms with Crippen molar-refractivity contribution in [2.75, 3.05) is 25.6 Å². The summed E-state index contributed by atoms with van der Waals surface area (Å²) in [6.45, 7) is 1.95. The summed E-state index contributed by atoms with van der Waals surface area (Å²) >= 11 is 0. The summed E-state index contributed by atoms with van der Waals surface area (Å²) in [5.74, 6) is -0.0700. The fraction of sp³-hybridized carbons (Fsp3) is 0.533. The molecule has 1 amide bonds. The van der Waals surface area contributed by atoms with Gasteiger partial charge >= 0.3 is 0 Å². The van der Waals surface area contributed by atoms with Crippen LogP contribution in [0.25, 0.3) is 0 Å². The SMILES string of the molecule is NC(=O)c1ccc(N)cc1OC1CCOC2(CCOC2)C1. The molecule has 2 fully saturated rings. The molecule has 1 aromatic carbocycles. The predicted molar refractivity (Wildman–Crippen MR) is 77.1 cm³/mol. The third kappa shape index (κ3) is 2.96. The Balaban J connectivity index is 1.77. The van der Waals surface area contributed by atoms with Crippen molar-refractivity contribution < 1.29 is 19.0 Å². The summed E-state index contributed by atoms with van der Waals surface area (Å²) in [5.41, 5.74) is 11.8. The second-order valence-electron chi connectivity index (χ2n) is 5.69. The van der Waals surface area contributed by atoms with Gasteiger partial charge in [0.15, 0.2) is 0 Å². The van der Waals surface area contributed by atoms with Gasteiger partial charge in [0.2, 0.25) is 0 Å². The van der Waals surface area contributed by atoms with E-state index in [2.05, 4.69) is 0 Å². The summed E-state index contributed by atoms with van der Waals surface area (Å²) in [4.78, 5) is 11.5. The number of hydrogen-bond donors (Lipinski definition) is 2. The van der Waals surface area contributed by atoms with Crippen molar-refractivity contribution in [3.05, 3.63) is 23.8 Å². The minimum atomic E-state index is -0.518. The number of nitrogen functional groups attached to an aromatic ring is 1. The Labute approximate surface area is 123 Å². The third-order valence-corrected chi connectivity index (χ3v) is 4.08. The summed E-state index contributed by atoms with van der Waals surface area (Å²) in [6, 6.07) is 4.89. The smallest absolute Gasteiger partial charge is 0.252 e. The minimum absolute atomic E-state index is 0.0275. The van der Waals surface area contributed by atoms with Gasteiger partial charge in [0, 0.05) is 37.6 Å². The van der Waals surface area contributed by atoms with Gasteiger partial charge in [0.05, 0.1) is 24.4 Å². The molecule has 4 N–H and O–H groups in total. The van der Waals surface area contributed by atoms with Crippen molar-refractivity contribution in [3.63, 3.8) is 0 Å². The van der Waals surface area contributed by atoms with Crippen LogP contribution in [-0.4, -0.2) is 37.4 Å². The zero-order chi connectivity index (χ0) is 14.9. The highest BCUT2D eigenvalue weighted by Gasteiger charge is 2.42. The molecule has 0 aromatic heterocycles. The first-order valence-corrected chi connectivity index (χ1v) is 7.16. The molecule has 2 atom stereocenters. The summed E-state index contributed by atoms with van der Waals surface area (Å²) in [5, 5.41) is 0. The lowest BCUT2D eigenvalue weighted by Crippen LogP contribution is -2.44. The van der Waals surface area contributed by atoms with Crippen molar-refractivity contribution in [1.82, 2.24) is 0 Å². The van der Waals surface area contributed by atoms with Crippen LogP contribution < -0.4 is 16.2 Å². The van der Waals surface area contributed by atoms with Crippen LogP contribution in [0.1, 0.15) is 29.6 Å². The van der Waals surface area contributed by atoms with Crippen molar-refractivity contribution in [3.8, 4) is 5.75 Å². The maximum Gasteiger partial charge on any atom is 0.252 e. The number of benzene rings is 1. The van der Waals surface area contributed by atoms with Crippen LogP contribution in [0.15, 0.2) is 18.2 Å². The van der Waals surface area contributed by atoms with E-state index in [1.165, 1.54) is 0 Å². The van der Waals surface area contributed by atoms with Gasteiger partial charge in [-0.3, -0.25) is 4.79 Å². The number of hydrogen-bond acceptors (Lipinski definition) is 5. The van der Waals surface area contributed by atoms with Crippen molar-refractivity contribution in [2.24, 2.45) is 5.73 Å². The van der Waals surface area contributed by atoms with Gasteiger partial charge in [0.25, 0.3) is 5.91 Å². The van der Waals surface area contributed by atoms with Gasteiger partial charge < -0.3 is 25.7 Å². The fourth-order valence-electron chi connectivity index (χ4n) is 2.97. The minimum Gasteiger partial charge on any atom is -0.489 e. The Morgan fingerprint density at radius 1 is 1.38 bits per heavy atom. The molecule has 6 nitrogen and oxygen atoms in total. The highest BCUT2D eigenvalue weighted by atomic mass is 16.6. The molecule has 0 aliphatic carbocycles. The van der Waals surface area contributed by atoms with Crippen LogP contribution in [0.5, 0.6) is 5.75 Å². The largest absolute Gasteiger partial charge is 0.489 e. The highest BCUT2D eigenvalue weighted by molar-refractivity contribution is 5.96. The number of ether oxygens (including phenoxy) is 3. The molecular weight excluding hydrogens is 272 g/mol. The van der Waals surface area contributed by atoms with E-state index < -0.39 is 5.91 Å². The number of carbonyl (C=O) groups is 1. The van der Waals surface area contributed by atoms with Crippen molar-refractivity contribution in [1.29, 1.82) is 0 Å². The molecule has 1 spiro atoms. The van der Waals surface area contributed by atoms with E-state index in [0.29, 0.717) is 30.2 Å². The summed E-state index contributed by atoms with van der Waals surface area (Å²) < 4.78 is 17.3. The first-order chi connectivity index (χ1) is 10.1. The van der Waals surface area contributed by atoms with Crippen LogP contribution in [0, 0.1) is 0 Å². The summed E-state index contributed by atoms with van der Waals surface area (Å²) in [6.07, 6.45) is 2.38. The van der Waals surface area contributed by atoms with Gasteiger partial charge in [0.1, 0.15) is 11.9 Å². The van der Waals surface area contributed by atoms with Gasteiger partial charge in [-0.1, -0.05) is 0 Å². The zero-order valence-corrected chi connectivity index (χ0v) is 11.8. The van der Waals surface area contributed by atoms with E-state index in [-0.39, 0.29) is 11.7 Å². The zero-order valence-electron chi connectivity index (χ0n) is 11.8. The molecule has 0 bridgehead atoms. The number of primary amides is 1. The molecule has 2 unspecified atom stereocenters. The maximum absolute atomic E-state index is 11.5. The Morgan fingerprint density at radius 2 is 2.24 bits per heavy atom. The van der Waals surface area contributed by atoms with Crippen LogP contribution in [0.2, 0.25) is 0 Å². The van der Waals surface area contributed by atoms with Crippen LogP contribution in [0.4, 0.5) is 5.69 Å². The number of carbonyl (C=O) groups excluding carboxylic acids is 1. The van der Waals surface area contributed by atoms with Crippen molar-refractivity contribution >= 4 is 11.6 Å². The summed E-state index contributed by atoms with van der Waals surface area (Å²) in [7, 11) is 0. The number of rotatable bonds is 3. The molecule has 3 rings (SSSR count). The highest BCUT2D eigenvalue weighted by Crippen LogP contribution is 2.35. The Hall–Kier alpha value is -1.79. The lowest BCUT2D eigenvalue weighted by Gasteiger charge is -2.37. The second-order valence-corrected chi connectivity index (χ2v) is 5.69. The number of nitrogens with two attached hydrogens (primary N) is 2. The van der Waals surface area contributed by atoms with E-state index in [1.54, 1.807) is 18.2 Å². The van der Waals surface area contributed by atoms with E-state index in [0.717, 1.165) is 25.9 Å². The lowest BCUT2D eigenvalue weighted by atomic mass is 9.91. The Kier molecular flexibility index (Phi) is 3.73. The molecule has 2 aliphatic rings. The van der Waals surface area contributed by atoms with E-state index in [9.17, 15) is 4.79 Å².